The zero-order valence-corrected chi connectivity index (χ0v) is 6.95. The Morgan fingerprint density at radius 1 is 1.07 bits per heavy atom. The molecule has 0 aliphatic carbocycles. The summed E-state index contributed by atoms with van der Waals surface area (Å²) in [5, 5.41) is 0. The van der Waals surface area contributed by atoms with Gasteiger partial charge in [-0.15, -0.1) is 0 Å². The molecule has 0 N–H and O–H groups in total. The van der Waals surface area contributed by atoms with Crippen LogP contribution >= 0.6 is 0 Å². The highest BCUT2D eigenvalue weighted by atomic mass is 19.3. The molecule has 1 nitrogen and oxygen atoms in total. The number of alkyl halides is 2. The highest BCUT2D eigenvalue weighted by molar-refractivity contribution is 5.25. The highest BCUT2D eigenvalue weighted by Crippen LogP contribution is 2.24. The molecule has 1 rings (SSSR count). The molecule has 0 spiro atoms. The predicted octanol–water partition coefficient (Wildman–Crippen LogP) is 3.10. The van der Waals surface area contributed by atoms with Gasteiger partial charge in [-0.25, -0.2) is 13.2 Å². The van der Waals surface area contributed by atoms with E-state index in [2.05, 4.69) is 4.74 Å². The van der Waals surface area contributed by atoms with E-state index in [4.69, 9.17) is 0 Å². The van der Waals surface area contributed by atoms with E-state index in [9.17, 15) is 22.0 Å². The normalized spacial score (nSPS) is 11.6. The lowest BCUT2D eigenvalue weighted by atomic mass is 10.3. The van der Waals surface area contributed by atoms with Gasteiger partial charge in [0.2, 0.25) is 0 Å². The zero-order valence-electron chi connectivity index (χ0n) is 6.95. The molecule has 78 valence electrons. The lowest BCUT2D eigenvalue weighted by Crippen LogP contribution is -2.19. The summed E-state index contributed by atoms with van der Waals surface area (Å²) in [6.45, 7) is 0.395. The van der Waals surface area contributed by atoms with E-state index in [1.54, 1.807) is 0 Å². The first-order valence-electron chi connectivity index (χ1n) is 3.51. The molecule has 1 aromatic carbocycles. The standard InChI is InChI=1S/C8H5F5O/c1-8(12,13)14-4-2-5(9)7(11)6(10)3-4/h2-3H,1H3. The van der Waals surface area contributed by atoms with Gasteiger partial charge in [0, 0.05) is 19.1 Å². The fourth-order valence-electron chi connectivity index (χ4n) is 0.798. The Morgan fingerprint density at radius 3 is 1.86 bits per heavy atom. The van der Waals surface area contributed by atoms with Crippen molar-refractivity contribution in [3.8, 4) is 5.75 Å². The summed E-state index contributed by atoms with van der Waals surface area (Å²) in [4.78, 5) is 0. The molecular formula is C8H5F5O. The van der Waals surface area contributed by atoms with Crippen LogP contribution in [0.25, 0.3) is 0 Å². The second kappa shape index (κ2) is 3.43. The Bertz CT molecular complexity index is 321. The fourth-order valence-corrected chi connectivity index (χ4v) is 0.798. The molecule has 0 aliphatic rings. The smallest absolute Gasteiger partial charge is 0.394 e. The van der Waals surface area contributed by atoms with E-state index in [1.165, 1.54) is 0 Å². The van der Waals surface area contributed by atoms with Crippen molar-refractivity contribution in [1.82, 2.24) is 0 Å². The maximum absolute atomic E-state index is 12.5. The van der Waals surface area contributed by atoms with Gasteiger partial charge < -0.3 is 4.74 Å². The monoisotopic (exact) mass is 212 g/mol. The molecule has 1 aromatic rings. The molecule has 0 radical (unpaired) electrons. The van der Waals surface area contributed by atoms with Crippen molar-refractivity contribution >= 4 is 0 Å². The van der Waals surface area contributed by atoms with E-state index in [-0.39, 0.29) is 0 Å². The lowest BCUT2D eigenvalue weighted by molar-refractivity contribution is -0.159. The summed E-state index contributed by atoms with van der Waals surface area (Å²) in [6, 6.07) is 0.686. The topological polar surface area (TPSA) is 9.23 Å². The first-order chi connectivity index (χ1) is 6.29. The van der Waals surface area contributed by atoms with E-state index >= 15 is 0 Å². The minimum absolute atomic E-state index is 0.343. The largest absolute Gasteiger partial charge is 0.433 e. The summed E-state index contributed by atoms with van der Waals surface area (Å²) in [5.41, 5.74) is 0. The van der Waals surface area contributed by atoms with Crippen molar-refractivity contribution in [2.24, 2.45) is 0 Å². The number of benzene rings is 1. The van der Waals surface area contributed by atoms with Crippen molar-refractivity contribution in [2.45, 2.75) is 13.0 Å². The van der Waals surface area contributed by atoms with Crippen LogP contribution in [0.3, 0.4) is 0 Å². The molecule has 0 amide bonds. The van der Waals surface area contributed by atoms with Crippen molar-refractivity contribution in [1.29, 1.82) is 0 Å². The third-order valence-corrected chi connectivity index (χ3v) is 1.25. The average Bonchev–Trinajstić information content (AvgIpc) is 1.96. The Hall–Kier alpha value is -1.33. The Balaban J connectivity index is 3.02. The van der Waals surface area contributed by atoms with Gasteiger partial charge in [0.05, 0.1) is 0 Å². The van der Waals surface area contributed by atoms with Crippen molar-refractivity contribution in [3.05, 3.63) is 29.6 Å². The van der Waals surface area contributed by atoms with Gasteiger partial charge in [-0.2, -0.15) is 8.78 Å². The molecule has 0 unspecified atom stereocenters. The maximum Gasteiger partial charge on any atom is 0.394 e. The van der Waals surface area contributed by atoms with E-state index < -0.39 is 29.3 Å². The molecular weight excluding hydrogens is 207 g/mol. The number of hydrogen-bond acceptors (Lipinski definition) is 1. The molecule has 14 heavy (non-hydrogen) atoms. The van der Waals surface area contributed by atoms with E-state index in [0.717, 1.165) is 0 Å². The van der Waals surface area contributed by atoms with Crippen LogP contribution in [0, 0.1) is 17.5 Å². The van der Waals surface area contributed by atoms with Crippen LogP contribution < -0.4 is 4.74 Å². The molecule has 0 aliphatic heterocycles. The molecule has 0 aromatic heterocycles. The molecule has 0 fully saturated rings. The summed E-state index contributed by atoms with van der Waals surface area (Å²) < 4.78 is 65.6. The lowest BCUT2D eigenvalue weighted by Gasteiger charge is -2.12. The first kappa shape index (κ1) is 10.7. The van der Waals surface area contributed by atoms with Crippen LogP contribution in [0.1, 0.15) is 6.92 Å². The van der Waals surface area contributed by atoms with Crippen LogP contribution in [-0.2, 0) is 0 Å². The van der Waals surface area contributed by atoms with Crippen LogP contribution in [0.4, 0.5) is 22.0 Å². The minimum atomic E-state index is -3.57. The van der Waals surface area contributed by atoms with Crippen molar-refractivity contribution in [3.63, 3.8) is 0 Å². The van der Waals surface area contributed by atoms with Gasteiger partial charge in [-0.3, -0.25) is 0 Å². The second-order valence-corrected chi connectivity index (χ2v) is 2.61. The third-order valence-electron chi connectivity index (χ3n) is 1.25. The van der Waals surface area contributed by atoms with E-state index in [1.807, 2.05) is 0 Å². The Kier molecular flexibility index (Phi) is 2.64. The Labute approximate surface area is 76.1 Å². The van der Waals surface area contributed by atoms with Crippen LogP contribution in [0.15, 0.2) is 12.1 Å². The van der Waals surface area contributed by atoms with E-state index in [0.29, 0.717) is 19.1 Å². The quantitative estimate of drug-likeness (QED) is 0.540. The fraction of sp³-hybridized carbons (Fsp3) is 0.250. The summed E-state index contributed by atoms with van der Waals surface area (Å²) in [6.07, 6.45) is -3.57. The number of rotatable bonds is 2. The summed E-state index contributed by atoms with van der Waals surface area (Å²) in [7, 11) is 0. The number of hydrogen-bond donors (Lipinski definition) is 0. The maximum atomic E-state index is 12.5. The molecule has 0 atom stereocenters. The molecule has 0 saturated carbocycles. The SMILES string of the molecule is CC(F)(F)Oc1cc(F)c(F)c(F)c1. The van der Waals surface area contributed by atoms with Gasteiger partial charge >= 0.3 is 6.11 Å². The summed E-state index contributed by atoms with van der Waals surface area (Å²) >= 11 is 0. The second-order valence-electron chi connectivity index (χ2n) is 2.61. The average molecular weight is 212 g/mol. The van der Waals surface area contributed by atoms with Gasteiger partial charge in [0.25, 0.3) is 0 Å². The van der Waals surface area contributed by atoms with Gasteiger partial charge in [0.15, 0.2) is 17.5 Å². The predicted molar refractivity (Wildman–Crippen MR) is 37.6 cm³/mol. The number of ether oxygens (including phenoxy) is 1. The zero-order chi connectivity index (χ0) is 10.9. The summed E-state index contributed by atoms with van der Waals surface area (Å²) in [5.74, 6) is -5.65. The van der Waals surface area contributed by atoms with Crippen LogP contribution in [0.2, 0.25) is 0 Å². The van der Waals surface area contributed by atoms with Gasteiger partial charge in [0.1, 0.15) is 5.75 Å². The van der Waals surface area contributed by atoms with Gasteiger partial charge in [-0.1, -0.05) is 0 Å². The molecule has 0 bridgehead atoms. The first-order valence-corrected chi connectivity index (χ1v) is 3.51. The third kappa shape index (κ3) is 2.58. The minimum Gasteiger partial charge on any atom is -0.433 e. The molecule has 6 heteroatoms. The highest BCUT2D eigenvalue weighted by Gasteiger charge is 2.24. The van der Waals surface area contributed by atoms with Crippen LogP contribution in [0.5, 0.6) is 5.75 Å². The van der Waals surface area contributed by atoms with Crippen molar-refractivity contribution < 1.29 is 26.7 Å². The molecule has 0 heterocycles. The Morgan fingerprint density at radius 2 is 1.50 bits per heavy atom. The number of halogens is 5. The van der Waals surface area contributed by atoms with Crippen molar-refractivity contribution in [2.75, 3.05) is 0 Å². The van der Waals surface area contributed by atoms with Crippen LogP contribution in [-0.4, -0.2) is 6.11 Å². The van der Waals surface area contributed by atoms with Gasteiger partial charge in [-0.05, 0) is 0 Å². The molecule has 0 saturated heterocycles.